The molecular weight excluding hydrogens is 272 g/mol. The fraction of sp³-hybridized carbons (Fsp3) is 0.867. The maximum atomic E-state index is 12.8. The number of carboxylic acids is 1. The van der Waals surface area contributed by atoms with Gasteiger partial charge in [0.25, 0.3) is 0 Å². The Kier molecular flexibility index (Phi) is 6.01. The van der Waals surface area contributed by atoms with Gasteiger partial charge in [0, 0.05) is 25.2 Å². The van der Waals surface area contributed by atoms with Crippen LogP contribution in [-0.2, 0) is 9.53 Å². The van der Waals surface area contributed by atoms with Gasteiger partial charge < -0.3 is 19.6 Å². The van der Waals surface area contributed by atoms with Gasteiger partial charge in [0.05, 0.1) is 6.61 Å². The van der Waals surface area contributed by atoms with E-state index in [0.717, 1.165) is 12.8 Å². The number of ether oxygens (including phenoxy) is 1. The molecule has 1 unspecified atom stereocenters. The molecule has 0 saturated heterocycles. The second kappa shape index (κ2) is 7.11. The highest BCUT2D eigenvalue weighted by Gasteiger charge is 2.38. The second-order valence-corrected chi connectivity index (χ2v) is 6.70. The monoisotopic (exact) mass is 300 g/mol. The maximum Gasteiger partial charge on any atom is 0.323 e. The van der Waals surface area contributed by atoms with Crippen LogP contribution in [0.3, 0.4) is 0 Å². The van der Waals surface area contributed by atoms with Crippen LogP contribution in [0.5, 0.6) is 0 Å². The molecule has 1 aliphatic rings. The van der Waals surface area contributed by atoms with Crippen LogP contribution in [0.15, 0.2) is 0 Å². The van der Waals surface area contributed by atoms with Crippen molar-refractivity contribution in [2.45, 2.75) is 52.1 Å². The third kappa shape index (κ3) is 5.19. The molecule has 2 amide bonds. The van der Waals surface area contributed by atoms with Gasteiger partial charge in [0.15, 0.2) is 0 Å². The van der Waals surface area contributed by atoms with E-state index in [1.807, 2.05) is 27.7 Å². The quantitative estimate of drug-likeness (QED) is 0.781. The van der Waals surface area contributed by atoms with Gasteiger partial charge in [-0.1, -0.05) is 0 Å². The summed E-state index contributed by atoms with van der Waals surface area (Å²) in [6, 6.07) is -0.104. The molecule has 1 rings (SSSR count). The summed E-state index contributed by atoms with van der Waals surface area (Å²) in [5, 5.41) is 9.08. The molecule has 1 atom stereocenters. The normalized spacial score (nSPS) is 16.4. The average molecular weight is 300 g/mol. The number of carbonyl (C=O) groups excluding carboxylic acids is 1. The molecule has 0 aromatic rings. The molecule has 0 aliphatic heterocycles. The van der Waals surface area contributed by atoms with Crippen molar-refractivity contribution in [3.8, 4) is 0 Å². The Morgan fingerprint density at radius 1 is 1.33 bits per heavy atom. The number of carboxylic acid groups (broad SMARTS) is 1. The van der Waals surface area contributed by atoms with Crippen LogP contribution in [0.4, 0.5) is 4.79 Å². The lowest BCUT2D eigenvalue weighted by atomic mass is 10.1. The standard InChI is InChI=1S/C15H28N2O4/c1-11(12-6-7-12)16(8-9-21-5)14(20)17(10-13(18)19)15(2,3)4/h11-12H,6-10H2,1-5H3,(H,18,19). The highest BCUT2D eigenvalue weighted by Crippen LogP contribution is 2.35. The van der Waals surface area contributed by atoms with E-state index in [-0.39, 0.29) is 18.6 Å². The molecule has 122 valence electrons. The summed E-state index contributed by atoms with van der Waals surface area (Å²) in [5.74, 6) is -0.471. The van der Waals surface area contributed by atoms with Gasteiger partial charge in [0.1, 0.15) is 6.54 Å². The Labute approximate surface area is 127 Å². The van der Waals surface area contributed by atoms with Crippen molar-refractivity contribution in [1.29, 1.82) is 0 Å². The lowest BCUT2D eigenvalue weighted by Gasteiger charge is -2.40. The average Bonchev–Trinajstić information content (AvgIpc) is 3.18. The molecule has 0 heterocycles. The van der Waals surface area contributed by atoms with Crippen molar-refractivity contribution in [3.05, 3.63) is 0 Å². The number of urea groups is 1. The highest BCUT2D eigenvalue weighted by atomic mass is 16.5. The summed E-state index contributed by atoms with van der Waals surface area (Å²) in [4.78, 5) is 27.1. The Morgan fingerprint density at radius 3 is 2.29 bits per heavy atom. The molecule has 0 radical (unpaired) electrons. The van der Waals surface area contributed by atoms with E-state index in [0.29, 0.717) is 19.1 Å². The molecular formula is C15H28N2O4. The van der Waals surface area contributed by atoms with Crippen LogP contribution < -0.4 is 0 Å². The predicted octanol–water partition coefficient (Wildman–Crippen LogP) is 2.04. The van der Waals surface area contributed by atoms with E-state index in [4.69, 9.17) is 9.84 Å². The fourth-order valence-electron chi connectivity index (χ4n) is 2.38. The summed E-state index contributed by atoms with van der Waals surface area (Å²) in [6.45, 7) is 8.24. The molecule has 1 N–H and O–H groups in total. The van der Waals surface area contributed by atoms with Gasteiger partial charge in [-0.15, -0.1) is 0 Å². The third-order valence-electron chi connectivity index (χ3n) is 3.91. The summed E-state index contributed by atoms with van der Waals surface area (Å²) >= 11 is 0. The first-order chi connectivity index (χ1) is 9.68. The SMILES string of the molecule is COCCN(C(=O)N(CC(=O)O)C(C)(C)C)C(C)C1CC1. The highest BCUT2D eigenvalue weighted by molar-refractivity contribution is 5.81. The fourth-order valence-corrected chi connectivity index (χ4v) is 2.38. The molecule has 1 aliphatic carbocycles. The van der Waals surface area contributed by atoms with Crippen molar-refractivity contribution in [1.82, 2.24) is 9.80 Å². The van der Waals surface area contributed by atoms with Gasteiger partial charge in [0.2, 0.25) is 0 Å². The van der Waals surface area contributed by atoms with Crippen molar-refractivity contribution < 1.29 is 19.4 Å². The van der Waals surface area contributed by atoms with Gasteiger partial charge >= 0.3 is 12.0 Å². The number of rotatable bonds is 7. The van der Waals surface area contributed by atoms with Crippen molar-refractivity contribution in [2.24, 2.45) is 5.92 Å². The third-order valence-corrected chi connectivity index (χ3v) is 3.91. The van der Waals surface area contributed by atoms with Crippen LogP contribution in [-0.4, -0.2) is 65.3 Å². The largest absolute Gasteiger partial charge is 0.480 e. The van der Waals surface area contributed by atoms with Crippen LogP contribution in [0.25, 0.3) is 0 Å². The van der Waals surface area contributed by atoms with Gasteiger partial charge in [-0.25, -0.2) is 4.79 Å². The van der Waals surface area contributed by atoms with Gasteiger partial charge in [-0.3, -0.25) is 4.79 Å². The van der Waals surface area contributed by atoms with E-state index in [9.17, 15) is 9.59 Å². The van der Waals surface area contributed by atoms with Crippen LogP contribution in [0, 0.1) is 5.92 Å². The zero-order valence-corrected chi connectivity index (χ0v) is 13.8. The molecule has 6 nitrogen and oxygen atoms in total. The molecule has 0 aromatic carbocycles. The summed E-state index contributed by atoms with van der Waals surface area (Å²) in [6.07, 6.45) is 2.26. The molecule has 0 bridgehead atoms. The molecule has 0 spiro atoms. The zero-order chi connectivity index (χ0) is 16.2. The number of methoxy groups -OCH3 is 1. The van der Waals surface area contributed by atoms with E-state index < -0.39 is 11.5 Å². The maximum absolute atomic E-state index is 12.8. The minimum absolute atomic E-state index is 0.117. The lowest BCUT2D eigenvalue weighted by Crippen LogP contribution is -2.56. The Bertz CT molecular complexity index is 374. The number of hydrogen-bond acceptors (Lipinski definition) is 3. The first-order valence-corrected chi connectivity index (χ1v) is 7.47. The number of nitrogens with zero attached hydrogens (tertiary/aromatic N) is 2. The summed E-state index contributed by atoms with van der Waals surface area (Å²) < 4.78 is 5.09. The van der Waals surface area contributed by atoms with Crippen LogP contribution in [0.2, 0.25) is 0 Å². The van der Waals surface area contributed by atoms with Crippen molar-refractivity contribution in [3.63, 3.8) is 0 Å². The Hall–Kier alpha value is -1.30. The van der Waals surface area contributed by atoms with Crippen LogP contribution in [0.1, 0.15) is 40.5 Å². The minimum atomic E-state index is -0.996. The molecule has 0 aromatic heterocycles. The lowest BCUT2D eigenvalue weighted by molar-refractivity contribution is -0.138. The molecule has 6 heteroatoms. The molecule has 1 fully saturated rings. The minimum Gasteiger partial charge on any atom is -0.480 e. The zero-order valence-electron chi connectivity index (χ0n) is 13.8. The van der Waals surface area contributed by atoms with E-state index in [2.05, 4.69) is 0 Å². The van der Waals surface area contributed by atoms with Gasteiger partial charge in [-0.2, -0.15) is 0 Å². The first-order valence-electron chi connectivity index (χ1n) is 7.47. The topological polar surface area (TPSA) is 70.1 Å². The van der Waals surface area contributed by atoms with E-state index in [1.165, 1.54) is 4.90 Å². The number of hydrogen-bond donors (Lipinski definition) is 1. The Balaban J connectivity index is 2.90. The van der Waals surface area contributed by atoms with E-state index in [1.54, 1.807) is 12.0 Å². The van der Waals surface area contributed by atoms with Crippen molar-refractivity contribution >= 4 is 12.0 Å². The van der Waals surface area contributed by atoms with Crippen molar-refractivity contribution in [2.75, 3.05) is 26.8 Å². The molecule has 1 saturated carbocycles. The predicted molar refractivity (Wildman–Crippen MR) is 80.3 cm³/mol. The summed E-state index contributed by atoms with van der Waals surface area (Å²) in [5.41, 5.74) is -0.538. The summed E-state index contributed by atoms with van der Waals surface area (Å²) in [7, 11) is 1.60. The van der Waals surface area contributed by atoms with Crippen LogP contribution >= 0.6 is 0 Å². The molecule has 21 heavy (non-hydrogen) atoms. The first kappa shape index (κ1) is 17.8. The smallest absolute Gasteiger partial charge is 0.323 e. The van der Waals surface area contributed by atoms with E-state index >= 15 is 0 Å². The number of amides is 2. The number of aliphatic carboxylic acids is 1. The number of carbonyl (C=O) groups is 2. The Morgan fingerprint density at radius 2 is 1.90 bits per heavy atom. The second-order valence-electron chi connectivity index (χ2n) is 6.70. The van der Waals surface area contributed by atoms with Gasteiger partial charge in [-0.05, 0) is 46.5 Å².